The Morgan fingerprint density at radius 1 is 1.24 bits per heavy atom. The van der Waals surface area contributed by atoms with E-state index in [2.05, 4.69) is 5.32 Å². The molecule has 0 amide bonds. The molecule has 2 rings (SSSR count). The van der Waals surface area contributed by atoms with Crippen molar-refractivity contribution in [2.45, 2.75) is 27.2 Å². The van der Waals surface area contributed by atoms with Gasteiger partial charge in [0.1, 0.15) is 0 Å². The molecule has 0 saturated heterocycles. The van der Waals surface area contributed by atoms with E-state index in [9.17, 15) is 4.79 Å². The van der Waals surface area contributed by atoms with Gasteiger partial charge in [-0.05, 0) is 38.5 Å². The molecule has 112 valence electrons. The van der Waals surface area contributed by atoms with E-state index in [4.69, 9.17) is 9.47 Å². The average molecular weight is 287 g/mol. The van der Waals surface area contributed by atoms with Crippen molar-refractivity contribution in [2.24, 2.45) is 0 Å². The molecule has 0 saturated carbocycles. The Morgan fingerprint density at radius 3 is 2.67 bits per heavy atom. The highest BCUT2D eigenvalue weighted by Crippen LogP contribution is 2.31. The van der Waals surface area contributed by atoms with Gasteiger partial charge in [-0.3, -0.25) is 4.79 Å². The second-order valence-electron chi connectivity index (χ2n) is 5.04. The van der Waals surface area contributed by atoms with E-state index in [1.807, 2.05) is 45.1 Å². The maximum absolute atomic E-state index is 11.8. The minimum atomic E-state index is -0.210. The molecule has 21 heavy (non-hydrogen) atoms. The average Bonchev–Trinajstić information content (AvgIpc) is 2.58. The minimum absolute atomic E-state index is 0.210. The Labute approximate surface area is 125 Å². The molecule has 4 nitrogen and oxygen atoms in total. The first-order valence-electron chi connectivity index (χ1n) is 7.04. The van der Waals surface area contributed by atoms with Gasteiger partial charge >= 0.3 is 5.97 Å². The number of esters is 1. The van der Waals surface area contributed by atoms with E-state index >= 15 is 0 Å². The summed E-state index contributed by atoms with van der Waals surface area (Å²) in [4.78, 5) is 11.8. The number of carbonyl (C=O) groups is 1. The zero-order chi connectivity index (χ0) is 15.4. The van der Waals surface area contributed by atoms with Gasteiger partial charge in [-0.15, -0.1) is 0 Å². The highest BCUT2D eigenvalue weighted by molar-refractivity contribution is 5.76. The van der Waals surface area contributed by atoms with Gasteiger partial charge in [0, 0.05) is 16.8 Å². The largest absolute Gasteiger partial charge is 0.482 e. The normalized spacial score (nSPS) is 17.5. The molecule has 0 aromatic rings. The summed E-state index contributed by atoms with van der Waals surface area (Å²) in [5.41, 5.74) is 4.99. The molecule has 1 aliphatic carbocycles. The Bertz CT molecular complexity index is 604. The summed E-state index contributed by atoms with van der Waals surface area (Å²) in [6.07, 6.45) is 8.35. The van der Waals surface area contributed by atoms with Crippen LogP contribution in [0.5, 0.6) is 0 Å². The summed E-state index contributed by atoms with van der Waals surface area (Å²) in [6.45, 7) is 6.20. The lowest BCUT2D eigenvalue weighted by Gasteiger charge is -2.23. The van der Waals surface area contributed by atoms with Crippen LogP contribution in [0.25, 0.3) is 0 Å². The summed E-state index contributed by atoms with van der Waals surface area (Å²) >= 11 is 0. The van der Waals surface area contributed by atoms with E-state index in [1.54, 1.807) is 7.11 Å². The summed E-state index contributed by atoms with van der Waals surface area (Å²) in [5.74, 6) is 0.520. The van der Waals surface area contributed by atoms with Crippen LogP contribution in [-0.2, 0) is 14.3 Å². The highest BCUT2D eigenvalue weighted by atomic mass is 16.5. The first kappa shape index (κ1) is 15.2. The number of rotatable bonds is 4. The number of hydrogen-bond acceptors (Lipinski definition) is 4. The van der Waals surface area contributed by atoms with Crippen molar-refractivity contribution in [3.05, 3.63) is 58.2 Å². The van der Waals surface area contributed by atoms with Crippen LogP contribution in [0.4, 0.5) is 0 Å². The Kier molecular flexibility index (Phi) is 4.68. The number of allylic oxidation sites excluding steroid dienone is 7. The van der Waals surface area contributed by atoms with Crippen LogP contribution in [0.3, 0.4) is 0 Å². The molecule has 0 aromatic heterocycles. The molecule has 0 spiro atoms. The lowest BCUT2D eigenvalue weighted by molar-refractivity contribution is -0.142. The smallest absolute Gasteiger partial charge is 0.310 e. The predicted molar refractivity (Wildman–Crippen MR) is 82.1 cm³/mol. The SMILES string of the molecule is CCOC(=O)CC1=CC(C)=CC=C2NC(OC)=C(C)C=C12. The Balaban J connectivity index is 2.38. The third-order valence-electron chi connectivity index (χ3n) is 3.36. The number of ether oxygens (including phenoxy) is 2. The lowest BCUT2D eigenvalue weighted by Crippen LogP contribution is -2.22. The van der Waals surface area contributed by atoms with E-state index < -0.39 is 0 Å². The Hall–Kier alpha value is -2.23. The van der Waals surface area contributed by atoms with Crippen molar-refractivity contribution < 1.29 is 14.3 Å². The third kappa shape index (κ3) is 3.45. The molecule has 1 heterocycles. The number of methoxy groups -OCH3 is 1. The minimum Gasteiger partial charge on any atom is -0.482 e. The summed E-state index contributed by atoms with van der Waals surface area (Å²) in [7, 11) is 1.64. The second-order valence-corrected chi connectivity index (χ2v) is 5.04. The quantitative estimate of drug-likeness (QED) is 0.807. The van der Waals surface area contributed by atoms with Crippen LogP contribution in [0, 0.1) is 0 Å². The molecule has 4 heteroatoms. The molecular weight excluding hydrogens is 266 g/mol. The zero-order valence-electron chi connectivity index (χ0n) is 12.9. The fourth-order valence-electron chi connectivity index (χ4n) is 2.39. The van der Waals surface area contributed by atoms with Gasteiger partial charge in [-0.1, -0.05) is 17.7 Å². The monoisotopic (exact) mass is 287 g/mol. The molecule has 1 aliphatic heterocycles. The first-order chi connectivity index (χ1) is 10.0. The topological polar surface area (TPSA) is 47.6 Å². The van der Waals surface area contributed by atoms with Gasteiger partial charge in [0.2, 0.25) is 0 Å². The fraction of sp³-hybridized carbons (Fsp3) is 0.353. The van der Waals surface area contributed by atoms with Crippen LogP contribution in [0.1, 0.15) is 27.2 Å². The summed E-state index contributed by atoms with van der Waals surface area (Å²) in [5, 5.41) is 3.26. The molecule has 0 aromatic carbocycles. The molecule has 0 fully saturated rings. The van der Waals surface area contributed by atoms with Crippen molar-refractivity contribution in [1.29, 1.82) is 0 Å². The van der Waals surface area contributed by atoms with E-state index in [1.165, 1.54) is 0 Å². The molecule has 0 bridgehead atoms. The number of fused-ring (bicyclic) bond motifs is 1. The van der Waals surface area contributed by atoms with Gasteiger partial charge < -0.3 is 14.8 Å². The van der Waals surface area contributed by atoms with Crippen molar-refractivity contribution in [3.63, 3.8) is 0 Å². The number of dihydropyridines is 1. The molecule has 0 unspecified atom stereocenters. The second kappa shape index (κ2) is 6.48. The van der Waals surface area contributed by atoms with Crippen LogP contribution >= 0.6 is 0 Å². The van der Waals surface area contributed by atoms with E-state index in [0.29, 0.717) is 6.61 Å². The van der Waals surface area contributed by atoms with Crippen LogP contribution < -0.4 is 5.32 Å². The van der Waals surface area contributed by atoms with E-state index in [0.717, 1.165) is 33.9 Å². The van der Waals surface area contributed by atoms with Crippen molar-refractivity contribution in [2.75, 3.05) is 13.7 Å². The standard InChI is InChI=1S/C17H21NO3/c1-5-21-16(19)10-13-8-11(2)6-7-15-14(13)9-12(3)17(18-15)20-4/h6-9,18H,5,10H2,1-4H3. The summed E-state index contributed by atoms with van der Waals surface area (Å²) < 4.78 is 10.4. The van der Waals surface area contributed by atoms with Crippen LogP contribution in [-0.4, -0.2) is 19.7 Å². The first-order valence-corrected chi connectivity index (χ1v) is 7.04. The van der Waals surface area contributed by atoms with Gasteiger partial charge in [-0.25, -0.2) is 0 Å². The van der Waals surface area contributed by atoms with Crippen molar-refractivity contribution in [3.8, 4) is 0 Å². The Morgan fingerprint density at radius 2 is 2.00 bits per heavy atom. The molecule has 0 atom stereocenters. The summed E-state index contributed by atoms with van der Waals surface area (Å²) in [6, 6.07) is 0. The zero-order valence-corrected chi connectivity index (χ0v) is 12.9. The lowest BCUT2D eigenvalue weighted by atomic mass is 9.95. The maximum atomic E-state index is 11.8. The number of carbonyl (C=O) groups excluding carboxylic acids is 1. The maximum Gasteiger partial charge on any atom is 0.310 e. The van der Waals surface area contributed by atoms with Crippen LogP contribution in [0.15, 0.2) is 58.2 Å². The van der Waals surface area contributed by atoms with Gasteiger partial charge in [-0.2, -0.15) is 0 Å². The molecular formula is C17H21NO3. The number of hydrogen-bond donors (Lipinski definition) is 1. The predicted octanol–water partition coefficient (Wildman–Crippen LogP) is 3.12. The molecule has 2 aliphatic rings. The third-order valence-corrected chi connectivity index (χ3v) is 3.36. The highest BCUT2D eigenvalue weighted by Gasteiger charge is 2.21. The van der Waals surface area contributed by atoms with Crippen LogP contribution in [0.2, 0.25) is 0 Å². The van der Waals surface area contributed by atoms with Gasteiger partial charge in [0.25, 0.3) is 0 Å². The van der Waals surface area contributed by atoms with Gasteiger partial charge in [0.05, 0.1) is 20.1 Å². The molecule has 0 radical (unpaired) electrons. The van der Waals surface area contributed by atoms with Crippen molar-refractivity contribution >= 4 is 5.97 Å². The van der Waals surface area contributed by atoms with E-state index in [-0.39, 0.29) is 12.4 Å². The fourth-order valence-corrected chi connectivity index (χ4v) is 2.39. The van der Waals surface area contributed by atoms with Gasteiger partial charge in [0.15, 0.2) is 5.88 Å². The van der Waals surface area contributed by atoms with Crippen molar-refractivity contribution in [1.82, 2.24) is 5.32 Å². The molecule has 1 N–H and O–H groups in total. The number of nitrogens with one attached hydrogen (secondary N) is 1.